The van der Waals surface area contributed by atoms with E-state index >= 15 is 0 Å². The normalized spacial score (nSPS) is 37.2. The van der Waals surface area contributed by atoms with E-state index < -0.39 is 0 Å². The van der Waals surface area contributed by atoms with Crippen LogP contribution in [0, 0.1) is 0 Å². The first kappa shape index (κ1) is 13.3. The summed E-state index contributed by atoms with van der Waals surface area (Å²) in [7, 11) is 0. The molecule has 0 aromatic carbocycles. The molecule has 0 aliphatic carbocycles. The molecule has 4 atom stereocenters. The van der Waals surface area contributed by atoms with Gasteiger partial charge < -0.3 is 9.84 Å². The third-order valence-electron chi connectivity index (χ3n) is 4.12. The number of piperidine rings is 1. The molecule has 0 spiro atoms. The summed E-state index contributed by atoms with van der Waals surface area (Å²) in [6.07, 6.45) is 7.89. The smallest absolute Gasteiger partial charge is 0.0706 e. The first-order chi connectivity index (χ1) is 8.15. The van der Waals surface area contributed by atoms with Crippen molar-refractivity contribution < 1.29 is 9.84 Å². The molecule has 2 fully saturated rings. The molecule has 100 valence electrons. The van der Waals surface area contributed by atoms with Gasteiger partial charge >= 0.3 is 0 Å². The van der Waals surface area contributed by atoms with Gasteiger partial charge in [0.25, 0.3) is 0 Å². The molecule has 0 aromatic rings. The van der Waals surface area contributed by atoms with Gasteiger partial charge in [-0.1, -0.05) is 6.42 Å². The van der Waals surface area contributed by atoms with Crippen LogP contribution in [0.15, 0.2) is 0 Å². The maximum atomic E-state index is 9.57. The van der Waals surface area contributed by atoms with E-state index in [4.69, 9.17) is 4.74 Å². The SMILES string of the molecule is CC(O)CC1CCCCN1CC1CCC(C)O1. The molecular weight excluding hydrogens is 214 g/mol. The number of rotatable bonds is 4. The van der Waals surface area contributed by atoms with E-state index in [1.807, 2.05) is 6.92 Å². The van der Waals surface area contributed by atoms with Crippen molar-refractivity contribution in [1.29, 1.82) is 0 Å². The van der Waals surface area contributed by atoms with Crippen molar-refractivity contribution in [2.75, 3.05) is 13.1 Å². The van der Waals surface area contributed by atoms with Crippen LogP contribution in [-0.2, 0) is 4.74 Å². The van der Waals surface area contributed by atoms with Crippen molar-refractivity contribution in [1.82, 2.24) is 4.90 Å². The van der Waals surface area contributed by atoms with Crippen LogP contribution in [0.5, 0.6) is 0 Å². The average molecular weight is 241 g/mol. The molecule has 4 unspecified atom stereocenters. The third-order valence-corrected chi connectivity index (χ3v) is 4.12. The summed E-state index contributed by atoms with van der Waals surface area (Å²) in [6.45, 7) is 6.33. The molecule has 0 amide bonds. The third kappa shape index (κ3) is 3.94. The van der Waals surface area contributed by atoms with Gasteiger partial charge in [0, 0.05) is 12.6 Å². The Morgan fingerprint density at radius 1 is 1.29 bits per heavy atom. The minimum Gasteiger partial charge on any atom is -0.393 e. The summed E-state index contributed by atoms with van der Waals surface area (Å²) >= 11 is 0. The molecule has 0 saturated carbocycles. The molecule has 0 aromatic heterocycles. The zero-order chi connectivity index (χ0) is 12.3. The highest BCUT2D eigenvalue weighted by molar-refractivity contribution is 4.82. The lowest BCUT2D eigenvalue weighted by Crippen LogP contribution is -2.44. The summed E-state index contributed by atoms with van der Waals surface area (Å²) in [5, 5.41) is 9.57. The van der Waals surface area contributed by atoms with Crippen molar-refractivity contribution in [2.45, 2.75) is 76.7 Å². The van der Waals surface area contributed by atoms with Gasteiger partial charge in [-0.15, -0.1) is 0 Å². The molecule has 1 N–H and O–H groups in total. The maximum absolute atomic E-state index is 9.57. The van der Waals surface area contributed by atoms with Crippen LogP contribution in [-0.4, -0.2) is 47.4 Å². The standard InChI is InChI=1S/C14H27NO2/c1-11(16)9-13-5-3-4-8-15(13)10-14-7-6-12(2)17-14/h11-14,16H,3-10H2,1-2H3. The molecule has 0 radical (unpaired) electrons. The Morgan fingerprint density at radius 3 is 2.76 bits per heavy atom. The Kier molecular flexibility index (Phi) is 4.83. The number of aliphatic hydroxyl groups excluding tert-OH is 1. The highest BCUT2D eigenvalue weighted by Gasteiger charge is 2.29. The predicted molar refractivity (Wildman–Crippen MR) is 69.1 cm³/mol. The van der Waals surface area contributed by atoms with E-state index in [0.29, 0.717) is 18.2 Å². The highest BCUT2D eigenvalue weighted by Crippen LogP contribution is 2.25. The second kappa shape index (κ2) is 6.17. The van der Waals surface area contributed by atoms with Crippen molar-refractivity contribution in [2.24, 2.45) is 0 Å². The summed E-state index contributed by atoms with van der Waals surface area (Å²) in [6, 6.07) is 0.572. The molecule has 0 bridgehead atoms. The molecule has 3 nitrogen and oxygen atoms in total. The minimum absolute atomic E-state index is 0.177. The first-order valence-corrected chi connectivity index (χ1v) is 7.22. The number of hydrogen-bond acceptors (Lipinski definition) is 3. The maximum Gasteiger partial charge on any atom is 0.0706 e. The van der Waals surface area contributed by atoms with Gasteiger partial charge in [0.1, 0.15) is 0 Å². The van der Waals surface area contributed by atoms with E-state index in [1.165, 1.54) is 38.6 Å². The molecule has 3 heteroatoms. The average Bonchev–Trinajstić information content (AvgIpc) is 2.66. The summed E-state index contributed by atoms with van der Waals surface area (Å²) in [4.78, 5) is 2.55. The van der Waals surface area contributed by atoms with Crippen LogP contribution in [0.4, 0.5) is 0 Å². The number of ether oxygens (including phenoxy) is 1. The largest absolute Gasteiger partial charge is 0.393 e. The fourth-order valence-electron chi connectivity index (χ4n) is 3.24. The lowest BCUT2D eigenvalue weighted by atomic mass is 9.96. The number of nitrogens with zero attached hydrogens (tertiary/aromatic N) is 1. The zero-order valence-electron chi connectivity index (χ0n) is 11.3. The van der Waals surface area contributed by atoms with Gasteiger partial charge in [-0.2, -0.15) is 0 Å². The van der Waals surface area contributed by atoms with Crippen LogP contribution >= 0.6 is 0 Å². The van der Waals surface area contributed by atoms with E-state index in [-0.39, 0.29) is 6.10 Å². The minimum atomic E-state index is -0.177. The Balaban J connectivity index is 1.83. The van der Waals surface area contributed by atoms with Crippen LogP contribution in [0.25, 0.3) is 0 Å². The number of likely N-dealkylation sites (tertiary alicyclic amines) is 1. The summed E-state index contributed by atoms with van der Waals surface area (Å²) < 4.78 is 5.91. The van der Waals surface area contributed by atoms with Gasteiger partial charge in [0.2, 0.25) is 0 Å². The van der Waals surface area contributed by atoms with Crippen LogP contribution in [0.1, 0.15) is 52.4 Å². The summed E-state index contributed by atoms with van der Waals surface area (Å²) in [5.41, 5.74) is 0. The summed E-state index contributed by atoms with van der Waals surface area (Å²) in [5.74, 6) is 0. The monoisotopic (exact) mass is 241 g/mol. The zero-order valence-corrected chi connectivity index (χ0v) is 11.3. The molecule has 2 heterocycles. The van der Waals surface area contributed by atoms with Crippen molar-refractivity contribution in [3.8, 4) is 0 Å². The molecule has 2 rings (SSSR count). The Morgan fingerprint density at radius 2 is 2.12 bits per heavy atom. The van der Waals surface area contributed by atoms with Gasteiger partial charge in [-0.3, -0.25) is 4.90 Å². The molecular formula is C14H27NO2. The second-order valence-electron chi connectivity index (χ2n) is 5.88. The topological polar surface area (TPSA) is 32.7 Å². The van der Waals surface area contributed by atoms with E-state index in [0.717, 1.165) is 13.0 Å². The lowest BCUT2D eigenvalue weighted by Gasteiger charge is -2.37. The highest BCUT2D eigenvalue weighted by atomic mass is 16.5. The van der Waals surface area contributed by atoms with Crippen molar-refractivity contribution >= 4 is 0 Å². The molecule has 2 aliphatic rings. The Hall–Kier alpha value is -0.120. The Labute approximate surface area is 105 Å². The molecule has 2 aliphatic heterocycles. The van der Waals surface area contributed by atoms with E-state index in [2.05, 4.69) is 11.8 Å². The quantitative estimate of drug-likeness (QED) is 0.819. The fraction of sp³-hybridized carbons (Fsp3) is 1.00. The number of aliphatic hydroxyl groups is 1. The van der Waals surface area contributed by atoms with Gasteiger partial charge in [-0.05, 0) is 52.5 Å². The first-order valence-electron chi connectivity index (χ1n) is 7.22. The molecule has 2 saturated heterocycles. The van der Waals surface area contributed by atoms with Crippen molar-refractivity contribution in [3.63, 3.8) is 0 Å². The van der Waals surface area contributed by atoms with Crippen molar-refractivity contribution in [3.05, 3.63) is 0 Å². The van der Waals surface area contributed by atoms with E-state index in [9.17, 15) is 5.11 Å². The predicted octanol–water partition coefficient (Wildman–Crippen LogP) is 2.18. The second-order valence-corrected chi connectivity index (χ2v) is 5.88. The number of hydrogen-bond donors (Lipinski definition) is 1. The fourth-order valence-corrected chi connectivity index (χ4v) is 3.24. The van der Waals surface area contributed by atoms with Gasteiger partial charge in [-0.25, -0.2) is 0 Å². The van der Waals surface area contributed by atoms with Crippen LogP contribution in [0.2, 0.25) is 0 Å². The lowest BCUT2D eigenvalue weighted by molar-refractivity contribution is 0.00510. The molecule has 17 heavy (non-hydrogen) atoms. The Bertz CT molecular complexity index is 232. The van der Waals surface area contributed by atoms with Crippen LogP contribution in [0.3, 0.4) is 0 Å². The van der Waals surface area contributed by atoms with Gasteiger partial charge in [0.15, 0.2) is 0 Å². The van der Waals surface area contributed by atoms with Crippen LogP contribution < -0.4 is 0 Å². The van der Waals surface area contributed by atoms with Gasteiger partial charge in [0.05, 0.1) is 18.3 Å². The van der Waals surface area contributed by atoms with E-state index in [1.54, 1.807) is 0 Å².